The van der Waals surface area contributed by atoms with Crippen molar-refractivity contribution < 1.29 is 13.2 Å². The Kier molecular flexibility index (Phi) is 5.29. The molecule has 1 aromatic rings. The van der Waals surface area contributed by atoms with Gasteiger partial charge in [0.15, 0.2) is 15.7 Å². The van der Waals surface area contributed by atoms with Crippen LogP contribution in [-0.2, 0) is 21.2 Å². The Balaban J connectivity index is 2.80. The number of nitrogens with one attached hydrogen (secondary N) is 1. The third-order valence-corrected chi connectivity index (χ3v) is 5.08. The highest BCUT2D eigenvalue weighted by Gasteiger charge is 2.29. The van der Waals surface area contributed by atoms with E-state index in [4.69, 9.17) is 10.5 Å². The van der Waals surface area contributed by atoms with Crippen molar-refractivity contribution in [1.29, 1.82) is 0 Å². The molecule has 3 N–H and O–H groups in total. The van der Waals surface area contributed by atoms with Crippen molar-refractivity contribution in [2.24, 2.45) is 0 Å². The van der Waals surface area contributed by atoms with E-state index in [1.54, 1.807) is 19.9 Å². The first kappa shape index (κ1) is 16.6. The van der Waals surface area contributed by atoms with Crippen LogP contribution in [0.1, 0.15) is 26.6 Å². The summed E-state index contributed by atoms with van der Waals surface area (Å²) in [5, 5.41) is 2.98. The van der Waals surface area contributed by atoms with Gasteiger partial charge in [-0.25, -0.2) is 18.4 Å². The Hall–Kier alpha value is -1.41. The molecule has 114 valence electrons. The molecule has 0 atom stereocenters. The molecule has 0 aliphatic carbocycles. The number of hydrogen-bond donors (Lipinski definition) is 2. The molecule has 0 saturated carbocycles. The summed E-state index contributed by atoms with van der Waals surface area (Å²) >= 11 is 0. The SMILES string of the molecule is CCOCc1nc(N)cc(NCC(C)(C)S(C)(=O)=O)n1. The molecule has 0 spiro atoms. The Morgan fingerprint density at radius 2 is 2.05 bits per heavy atom. The molecule has 0 radical (unpaired) electrons. The second kappa shape index (κ2) is 6.36. The highest BCUT2D eigenvalue weighted by atomic mass is 32.2. The molecule has 0 saturated heterocycles. The molecule has 7 nitrogen and oxygen atoms in total. The number of ether oxygens (including phenoxy) is 1. The quantitative estimate of drug-likeness (QED) is 0.768. The number of rotatable bonds is 7. The average molecular weight is 302 g/mol. The fraction of sp³-hybridized carbons (Fsp3) is 0.667. The molecule has 1 heterocycles. The highest BCUT2D eigenvalue weighted by molar-refractivity contribution is 7.92. The van der Waals surface area contributed by atoms with E-state index in [1.807, 2.05) is 6.92 Å². The van der Waals surface area contributed by atoms with Crippen molar-refractivity contribution in [3.05, 3.63) is 11.9 Å². The first-order chi connectivity index (χ1) is 9.15. The van der Waals surface area contributed by atoms with Gasteiger partial charge in [-0.15, -0.1) is 0 Å². The van der Waals surface area contributed by atoms with E-state index in [9.17, 15) is 8.42 Å². The van der Waals surface area contributed by atoms with Gasteiger partial charge in [-0.1, -0.05) is 0 Å². The van der Waals surface area contributed by atoms with Crippen molar-refractivity contribution in [2.75, 3.05) is 30.5 Å². The third-order valence-electron chi connectivity index (χ3n) is 2.93. The molecule has 1 rings (SSSR count). The number of hydrogen-bond acceptors (Lipinski definition) is 7. The summed E-state index contributed by atoms with van der Waals surface area (Å²) in [4.78, 5) is 8.28. The first-order valence-corrected chi connectivity index (χ1v) is 8.19. The summed E-state index contributed by atoms with van der Waals surface area (Å²) in [6, 6.07) is 1.56. The minimum absolute atomic E-state index is 0.233. The summed E-state index contributed by atoms with van der Waals surface area (Å²) in [6.45, 7) is 6.24. The van der Waals surface area contributed by atoms with E-state index in [0.717, 1.165) is 0 Å². The smallest absolute Gasteiger partial charge is 0.158 e. The van der Waals surface area contributed by atoms with Crippen molar-refractivity contribution in [3.8, 4) is 0 Å². The van der Waals surface area contributed by atoms with Gasteiger partial charge in [0.1, 0.15) is 18.2 Å². The fourth-order valence-electron chi connectivity index (χ4n) is 1.30. The van der Waals surface area contributed by atoms with E-state index in [0.29, 0.717) is 24.1 Å². The first-order valence-electron chi connectivity index (χ1n) is 6.30. The van der Waals surface area contributed by atoms with Crippen molar-refractivity contribution in [1.82, 2.24) is 9.97 Å². The number of nitrogen functional groups attached to an aromatic ring is 1. The predicted octanol–water partition coefficient (Wildman–Crippen LogP) is 0.830. The maximum atomic E-state index is 11.6. The minimum atomic E-state index is -3.17. The van der Waals surface area contributed by atoms with Gasteiger partial charge in [-0.2, -0.15) is 0 Å². The van der Waals surface area contributed by atoms with Crippen LogP contribution in [0.3, 0.4) is 0 Å². The molecular formula is C12H22N4O3S. The number of nitrogens with zero attached hydrogens (tertiary/aromatic N) is 2. The Morgan fingerprint density at radius 1 is 1.40 bits per heavy atom. The van der Waals surface area contributed by atoms with Gasteiger partial charge in [0.25, 0.3) is 0 Å². The monoisotopic (exact) mass is 302 g/mol. The number of aromatic nitrogens is 2. The van der Waals surface area contributed by atoms with E-state index in [1.165, 1.54) is 6.26 Å². The number of nitrogens with two attached hydrogens (primary N) is 1. The van der Waals surface area contributed by atoms with E-state index < -0.39 is 14.6 Å². The summed E-state index contributed by atoms with van der Waals surface area (Å²) in [5.74, 6) is 1.27. The lowest BCUT2D eigenvalue weighted by atomic mass is 10.2. The van der Waals surface area contributed by atoms with Crippen molar-refractivity contribution >= 4 is 21.5 Å². The van der Waals surface area contributed by atoms with Crippen LogP contribution >= 0.6 is 0 Å². The van der Waals surface area contributed by atoms with E-state index in [2.05, 4.69) is 15.3 Å². The molecule has 0 amide bonds. The molecular weight excluding hydrogens is 280 g/mol. The zero-order valence-electron chi connectivity index (χ0n) is 12.3. The molecule has 0 aromatic carbocycles. The molecule has 20 heavy (non-hydrogen) atoms. The van der Waals surface area contributed by atoms with Crippen molar-refractivity contribution in [2.45, 2.75) is 32.1 Å². The van der Waals surface area contributed by atoms with Crippen LogP contribution in [0.5, 0.6) is 0 Å². The molecule has 8 heteroatoms. The van der Waals surface area contributed by atoms with Crippen LogP contribution in [-0.4, -0.2) is 42.5 Å². The second-order valence-electron chi connectivity index (χ2n) is 5.12. The van der Waals surface area contributed by atoms with Crippen LogP contribution in [0, 0.1) is 0 Å². The highest BCUT2D eigenvalue weighted by Crippen LogP contribution is 2.17. The predicted molar refractivity (Wildman–Crippen MR) is 79.2 cm³/mol. The van der Waals surface area contributed by atoms with Gasteiger partial charge >= 0.3 is 0 Å². The molecule has 0 fully saturated rings. The molecule has 0 bridgehead atoms. The Bertz CT molecular complexity index is 558. The maximum Gasteiger partial charge on any atom is 0.158 e. The molecule has 0 aliphatic rings. The second-order valence-corrected chi connectivity index (χ2v) is 7.77. The zero-order chi connectivity index (χ0) is 15.4. The number of sulfone groups is 1. The maximum absolute atomic E-state index is 11.6. The zero-order valence-corrected chi connectivity index (χ0v) is 13.1. The van der Waals surface area contributed by atoms with Gasteiger partial charge in [0, 0.05) is 25.5 Å². The van der Waals surface area contributed by atoms with Gasteiger partial charge in [0.2, 0.25) is 0 Å². The summed E-state index contributed by atoms with van der Waals surface area (Å²) < 4.78 is 27.6. The molecule has 1 aromatic heterocycles. The lowest BCUT2D eigenvalue weighted by Crippen LogP contribution is -2.38. The van der Waals surface area contributed by atoms with E-state index in [-0.39, 0.29) is 13.2 Å². The van der Waals surface area contributed by atoms with Gasteiger partial charge in [-0.3, -0.25) is 0 Å². The van der Waals surface area contributed by atoms with Gasteiger partial charge in [-0.05, 0) is 20.8 Å². The fourth-order valence-corrected chi connectivity index (χ4v) is 1.64. The average Bonchev–Trinajstić information content (AvgIpc) is 2.32. The van der Waals surface area contributed by atoms with Crippen LogP contribution in [0.4, 0.5) is 11.6 Å². The van der Waals surface area contributed by atoms with E-state index >= 15 is 0 Å². The van der Waals surface area contributed by atoms with Gasteiger partial charge < -0.3 is 15.8 Å². The normalized spacial score (nSPS) is 12.4. The van der Waals surface area contributed by atoms with Crippen LogP contribution < -0.4 is 11.1 Å². The lowest BCUT2D eigenvalue weighted by Gasteiger charge is -2.23. The van der Waals surface area contributed by atoms with Crippen molar-refractivity contribution in [3.63, 3.8) is 0 Å². The molecule has 0 aliphatic heterocycles. The largest absolute Gasteiger partial charge is 0.384 e. The lowest BCUT2D eigenvalue weighted by molar-refractivity contribution is 0.128. The van der Waals surface area contributed by atoms with Crippen LogP contribution in [0.15, 0.2) is 6.07 Å². The summed E-state index contributed by atoms with van der Waals surface area (Å²) in [5.41, 5.74) is 5.69. The minimum Gasteiger partial charge on any atom is -0.384 e. The Labute approximate surface area is 119 Å². The van der Waals surface area contributed by atoms with Crippen LogP contribution in [0.2, 0.25) is 0 Å². The molecule has 0 unspecified atom stereocenters. The summed E-state index contributed by atoms with van der Waals surface area (Å²) in [6.07, 6.45) is 1.21. The topological polar surface area (TPSA) is 107 Å². The third kappa shape index (κ3) is 4.61. The van der Waals surface area contributed by atoms with Crippen LogP contribution in [0.25, 0.3) is 0 Å². The van der Waals surface area contributed by atoms with Gasteiger partial charge in [0.05, 0.1) is 4.75 Å². The summed E-state index contributed by atoms with van der Waals surface area (Å²) in [7, 11) is -3.17. The number of anilines is 2. The standard InChI is InChI=1S/C12H22N4O3S/c1-5-19-7-11-15-9(13)6-10(16-11)14-8-12(2,3)20(4,17)18/h6H,5,7-8H2,1-4H3,(H3,13,14,15,16). The Morgan fingerprint density at radius 3 is 2.60 bits per heavy atom.